The average molecular weight is 551 g/mol. The van der Waals surface area contributed by atoms with E-state index in [1.54, 1.807) is 56.7 Å². The first-order valence-corrected chi connectivity index (χ1v) is 12.3. The molecule has 8 heteroatoms. The van der Waals surface area contributed by atoms with Gasteiger partial charge in [0.15, 0.2) is 11.5 Å². The van der Waals surface area contributed by atoms with Crippen molar-refractivity contribution in [3.05, 3.63) is 87.9 Å². The number of amides is 3. The maximum absolute atomic E-state index is 13.7. The fourth-order valence-electron chi connectivity index (χ4n) is 4.37. The van der Waals surface area contributed by atoms with E-state index in [0.29, 0.717) is 29.2 Å². The van der Waals surface area contributed by atoms with Gasteiger partial charge < -0.3 is 14.4 Å². The van der Waals surface area contributed by atoms with Crippen LogP contribution in [0.3, 0.4) is 0 Å². The van der Waals surface area contributed by atoms with Crippen molar-refractivity contribution >= 4 is 39.3 Å². The van der Waals surface area contributed by atoms with Crippen molar-refractivity contribution in [2.45, 2.75) is 25.8 Å². The molecule has 1 heterocycles. The van der Waals surface area contributed by atoms with Gasteiger partial charge in [-0.25, -0.2) is 4.90 Å². The molecule has 186 valence electrons. The summed E-state index contributed by atoms with van der Waals surface area (Å²) < 4.78 is 11.6. The van der Waals surface area contributed by atoms with E-state index in [1.165, 1.54) is 9.80 Å². The van der Waals surface area contributed by atoms with Crippen LogP contribution in [-0.2, 0) is 16.0 Å². The predicted octanol–water partition coefficient (Wildman–Crippen LogP) is 4.79. The van der Waals surface area contributed by atoms with E-state index < -0.39 is 11.9 Å². The maximum Gasteiger partial charge on any atom is 0.257 e. The Balaban J connectivity index is 1.65. The summed E-state index contributed by atoms with van der Waals surface area (Å²) in [6, 6.07) is 18.9. The third-order valence-corrected chi connectivity index (χ3v) is 6.84. The standard InChI is InChI=1S/C28H27BrN2O5/c1-18-6-4-5-7-22(18)27(33)30(15-14-19-8-13-24(35-2)25(16-19)36-3)23-17-26(32)31(28(23)34)21-11-9-20(29)10-12-21/h4-13,16,23H,14-15,17H2,1-3H3. The Bertz CT molecular complexity index is 1290. The third-order valence-electron chi connectivity index (χ3n) is 6.31. The Kier molecular flexibility index (Phi) is 7.74. The van der Waals surface area contributed by atoms with Crippen LogP contribution in [0.15, 0.2) is 71.2 Å². The molecule has 4 rings (SSSR count). The highest BCUT2D eigenvalue weighted by molar-refractivity contribution is 9.10. The van der Waals surface area contributed by atoms with Crippen molar-refractivity contribution in [2.75, 3.05) is 25.7 Å². The first-order chi connectivity index (χ1) is 17.3. The molecule has 7 nitrogen and oxygen atoms in total. The van der Waals surface area contributed by atoms with Crippen molar-refractivity contribution in [2.24, 2.45) is 0 Å². The summed E-state index contributed by atoms with van der Waals surface area (Å²) in [6.45, 7) is 2.11. The van der Waals surface area contributed by atoms with Crippen molar-refractivity contribution in [3.8, 4) is 11.5 Å². The minimum absolute atomic E-state index is 0.0710. The Morgan fingerprint density at radius 1 is 1.00 bits per heavy atom. The van der Waals surface area contributed by atoms with E-state index in [-0.39, 0.29) is 24.8 Å². The number of benzene rings is 3. The molecule has 0 aromatic heterocycles. The summed E-state index contributed by atoms with van der Waals surface area (Å²) in [5.41, 5.74) is 2.71. The summed E-state index contributed by atoms with van der Waals surface area (Å²) in [4.78, 5) is 42.9. The van der Waals surface area contributed by atoms with Crippen LogP contribution in [0.1, 0.15) is 27.9 Å². The van der Waals surface area contributed by atoms with Crippen molar-refractivity contribution < 1.29 is 23.9 Å². The normalized spacial score (nSPS) is 15.2. The molecule has 1 aliphatic rings. The van der Waals surface area contributed by atoms with Crippen molar-refractivity contribution in [1.82, 2.24) is 4.90 Å². The molecule has 3 amide bonds. The van der Waals surface area contributed by atoms with Gasteiger partial charge >= 0.3 is 0 Å². The molecule has 0 radical (unpaired) electrons. The summed E-state index contributed by atoms with van der Waals surface area (Å²) in [5.74, 6) is 0.172. The van der Waals surface area contributed by atoms with E-state index in [4.69, 9.17) is 9.47 Å². The number of halogens is 1. The number of hydrogen-bond acceptors (Lipinski definition) is 5. The number of imide groups is 1. The monoisotopic (exact) mass is 550 g/mol. The topological polar surface area (TPSA) is 76.2 Å². The Morgan fingerprint density at radius 3 is 2.36 bits per heavy atom. The molecule has 1 unspecified atom stereocenters. The highest BCUT2D eigenvalue weighted by Gasteiger charge is 2.44. The second-order valence-corrected chi connectivity index (χ2v) is 9.43. The molecule has 0 saturated carbocycles. The van der Waals surface area contributed by atoms with Gasteiger partial charge in [-0.1, -0.05) is 40.2 Å². The number of nitrogens with zero attached hydrogens (tertiary/aromatic N) is 2. The van der Waals surface area contributed by atoms with Gasteiger partial charge in [0.2, 0.25) is 5.91 Å². The minimum Gasteiger partial charge on any atom is -0.493 e. The average Bonchev–Trinajstić information content (AvgIpc) is 3.18. The van der Waals surface area contributed by atoms with E-state index in [1.807, 2.05) is 31.2 Å². The van der Waals surface area contributed by atoms with E-state index in [9.17, 15) is 14.4 Å². The number of anilines is 1. The van der Waals surface area contributed by atoms with Gasteiger partial charge in [-0.05, 0) is 66.9 Å². The van der Waals surface area contributed by atoms with Crippen LogP contribution in [0.5, 0.6) is 11.5 Å². The summed E-state index contributed by atoms with van der Waals surface area (Å²) in [6.07, 6.45) is 0.396. The lowest BCUT2D eigenvalue weighted by Crippen LogP contribution is -2.46. The number of rotatable bonds is 8. The highest BCUT2D eigenvalue weighted by atomic mass is 79.9. The molecule has 3 aromatic carbocycles. The molecule has 1 aliphatic heterocycles. The van der Waals surface area contributed by atoms with Crippen LogP contribution >= 0.6 is 15.9 Å². The van der Waals surface area contributed by atoms with Gasteiger partial charge in [0, 0.05) is 16.6 Å². The third kappa shape index (κ3) is 5.14. The lowest BCUT2D eigenvalue weighted by molar-refractivity contribution is -0.122. The van der Waals surface area contributed by atoms with Gasteiger partial charge in [-0.2, -0.15) is 0 Å². The smallest absolute Gasteiger partial charge is 0.257 e. The van der Waals surface area contributed by atoms with Gasteiger partial charge in [0.1, 0.15) is 6.04 Å². The molecule has 0 N–H and O–H groups in total. The zero-order valence-corrected chi connectivity index (χ0v) is 21.9. The number of carbonyl (C=O) groups excluding carboxylic acids is 3. The van der Waals surface area contributed by atoms with Gasteiger partial charge in [-0.15, -0.1) is 0 Å². The molecule has 0 bridgehead atoms. The largest absolute Gasteiger partial charge is 0.493 e. The first-order valence-electron chi connectivity index (χ1n) is 11.5. The molecular formula is C28H27BrN2O5. The Morgan fingerprint density at radius 2 is 1.69 bits per heavy atom. The quantitative estimate of drug-likeness (QED) is 0.377. The molecule has 1 fully saturated rings. The fourth-order valence-corrected chi connectivity index (χ4v) is 4.64. The van der Waals surface area contributed by atoms with Gasteiger partial charge in [0.05, 0.1) is 26.3 Å². The summed E-state index contributed by atoms with van der Waals surface area (Å²) in [7, 11) is 3.13. The van der Waals surface area contributed by atoms with Crippen LogP contribution in [0.2, 0.25) is 0 Å². The zero-order chi connectivity index (χ0) is 25.8. The second-order valence-electron chi connectivity index (χ2n) is 8.52. The molecule has 0 spiro atoms. The van der Waals surface area contributed by atoms with E-state index >= 15 is 0 Å². The molecule has 3 aromatic rings. The zero-order valence-electron chi connectivity index (χ0n) is 20.4. The molecule has 1 saturated heterocycles. The van der Waals surface area contributed by atoms with Crippen molar-refractivity contribution in [3.63, 3.8) is 0 Å². The Hall–Kier alpha value is -3.65. The minimum atomic E-state index is -0.895. The van der Waals surface area contributed by atoms with E-state index in [2.05, 4.69) is 15.9 Å². The lowest BCUT2D eigenvalue weighted by Gasteiger charge is -2.28. The molecular weight excluding hydrogens is 524 g/mol. The first kappa shape index (κ1) is 25.4. The predicted molar refractivity (Wildman–Crippen MR) is 141 cm³/mol. The number of aryl methyl sites for hydroxylation is 1. The second kappa shape index (κ2) is 11.0. The lowest BCUT2D eigenvalue weighted by atomic mass is 10.0. The van der Waals surface area contributed by atoms with Crippen molar-refractivity contribution in [1.29, 1.82) is 0 Å². The number of ether oxygens (including phenoxy) is 2. The van der Waals surface area contributed by atoms with Crippen LogP contribution in [-0.4, -0.2) is 49.4 Å². The fraction of sp³-hybridized carbons (Fsp3) is 0.250. The van der Waals surface area contributed by atoms with Crippen LogP contribution in [0, 0.1) is 6.92 Å². The SMILES string of the molecule is COc1ccc(CCN(C(=O)c2ccccc2C)C2CC(=O)N(c3ccc(Br)cc3)C2=O)cc1OC. The number of methoxy groups -OCH3 is 2. The number of carbonyl (C=O) groups is 3. The van der Waals surface area contributed by atoms with Crippen LogP contribution < -0.4 is 14.4 Å². The maximum atomic E-state index is 13.7. The van der Waals surface area contributed by atoms with Crippen LogP contribution in [0.25, 0.3) is 0 Å². The summed E-state index contributed by atoms with van der Waals surface area (Å²) in [5, 5.41) is 0. The molecule has 1 atom stereocenters. The molecule has 36 heavy (non-hydrogen) atoms. The number of hydrogen-bond donors (Lipinski definition) is 0. The van der Waals surface area contributed by atoms with Gasteiger partial charge in [0.25, 0.3) is 11.8 Å². The Labute approximate surface area is 218 Å². The highest BCUT2D eigenvalue weighted by Crippen LogP contribution is 2.30. The molecule has 0 aliphatic carbocycles. The summed E-state index contributed by atoms with van der Waals surface area (Å²) >= 11 is 3.37. The van der Waals surface area contributed by atoms with Gasteiger partial charge in [-0.3, -0.25) is 14.4 Å². The van der Waals surface area contributed by atoms with Crippen LogP contribution in [0.4, 0.5) is 5.69 Å². The van der Waals surface area contributed by atoms with E-state index in [0.717, 1.165) is 15.6 Å².